The summed E-state index contributed by atoms with van der Waals surface area (Å²) < 4.78 is 30.8. The van der Waals surface area contributed by atoms with Crippen molar-refractivity contribution in [2.75, 3.05) is 20.3 Å². The topological polar surface area (TPSA) is 88.2 Å². The number of likely N-dealkylation sites (N-methyl/N-ethyl adjacent to an activating group) is 1. The van der Waals surface area contributed by atoms with Crippen molar-refractivity contribution in [2.45, 2.75) is 23.9 Å². The zero-order valence-corrected chi connectivity index (χ0v) is 9.99. The van der Waals surface area contributed by atoms with Gasteiger partial charge in [0.1, 0.15) is 0 Å². The van der Waals surface area contributed by atoms with E-state index in [4.69, 9.17) is 4.74 Å². The van der Waals surface area contributed by atoms with E-state index in [1.807, 2.05) is 6.92 Å². The van der Waals surface area contributed by atoms with Crippen LogP contribution in [0.1, 0.15) is 13.3 Å². The molecule has 0 amide bonds. The van der Waals surface area contributed by atoms with Crippen LogP contribution >= 0.6 is 0 Å². The van der Waals surface area contributed by atoms with Crippen LogP contribution in [0, 0.1) is 0 Å². The van der Waals surface area contributed by atoms with Crippen molar-refractivity contribution in [2.24, 2.45) is 0 Å². The highest BCUT2D eigenvalue weighted by molar-refractivity contribution is 7.89. The number of hydrogen-bond donors (Lipinski definition) is 1. The minimum Gasteiger partial charge on any atom is -0.379 e. The lowest BCUT2D eigenvalue weighted by atomic mass is 10.0. The minimum atomic E-state index is -3.59. The maximum absolute atomic E-state index is 12.1. The fourth-order valence-corrected chi connectivity index (χ4v) is 3.00. The average molecular weight is 246 g/mol. The quantitative estimate of drug-likeness (QED) is 0.784. The zero-order chi connectivity index (χ0) is 11.8. The van der Waals surface area contributed by atoms with Gasteiger partial charge < -0.3 is 4.74 Å². The molecule has 1 aromatic heterocycles. The van der Waals surface area contributed by atoms with Gasteiger partial charge in [0, 0.05) is 13.7 Å². The minimum absolute atomic E-state index is 0.0666. The molecule has 0 radical (unpaired) electrons. The van der Waals surface area contributed by atoms with Crippen molar-refractivity contribution in [3.63, 3.8) is 0 Å². The third kappa shape index (κ3) is 1.72. The van der Waals surface area contributed by atoms with Crippen molar-refractivity contribution < 1.29 is 13.2 Å². The van der Waals surface area contributed by atoms with Gasteiger partial charge >= 0.3 is 0 Å². The molecule has 0 spiro atoms. The molecule has 1 N–H and O–H groups in total. The Bertz CT molecular complexity index is 450. The van der Waals surface area contributed by atoms with E-state index in [2.05, 4.69) is 15.4 Å². The Kier molecular flexibility index (Phi) is 2.72. The SMILES string of the molecule is CN(C1(C)CCOC1)S(=O)(=O)c1cn[nH]n1. The number of rotatable bonds is 3. The Morgan fingerprint density at radius 1 is 1.62 bits per heavy atom. The first-order valence-corrected chi connectivity index (χ1v) is 6.33. The largest absolute Gasteiger partial charge is 0.379 e. The van der Waals surface area contributed by atoms with Crippen LogP contribution in [0.5, 0.6) is 0 Å². The lowest BCUT2D eigenvalue weighted by Gasteiger charge is -2.31. The van der Waals surface area contributed by atoms with Crippen LogP contribution in [0.25, 0.3) is 0 Å². The third-order valence-corrected chi connectivity index (χ3v) is 4.86. The van der Waals surface area contributed by atoms with Crippen molar-refractivity contribution in [3.8, 4) is 0 Å². The zero-order valence-electron chi connectivity index (χ0n) is 9.17. The lowest BCUT2D eigenvalue weighted by Crippen LogP contribution is -2.47. The van der Waals surface area contributed by atoms with E-state index in [9.17, 15) is 8.42 Å². The summed E-state index contributed by atoms with van der Waals surface area (Å²) in [6.45, 7) is 2.84. The van der Waals surface area contributed by atoms with Crippen LogP contribution in [0.15, 0.2) is 11.2 Å². The first-order chi connectivity index (χ1) is 7.47. The van der Waals surface area contributed by atoms with Gasteiger partial charge in [0.05, 0.1) is 18.3 Å². The molecule has 1 fully saturated rings. The number of ether oxygens (including phenoxy) is 1. The fourth-order valence-electron chi connectivity index (χ4n) is 1.65. The van der Waals surface area contributed by atoms with Gasteiger partial charge in [0.15, 0.2) is 0 Å². The first kappa shape index (κ1) is 11.5. The number of H-pyrrole nitrogens is 1. The predicted octanol–water partition coefficient (Wildman–Crippen LogP) is -0.396. The normalized spacial score (nSPS) is 26.4. The Labute approximate surface area is 93.8 Å². The van der Waals surface area contributed by atoms with Gasteiger partial charge in [-0.25, -0.2) is 8.42 Å². The second-order valence-corrected chi connectivity index (χ2v) is 6.00. The molecule has 0 aromatic carbocycles. The Hall–Kier alpha value is -0.990. The molecule has 16 heavy (non-hydrogen) atoms. The van der Waals surface area contributed by atoms with Gasteiger partial charge in [0.25, 0.3) is 10.0 Å². The van der Waals surface area contributed by atoms with Crippen LogP contribution < -0.4 is 0 Å². The highest BCUT2D eigenvalue weighted by atomic mass is 32.2. The van der Waals surface area contributed by atoms with Gasteiger partial charge in [-0.3, -0.25) is 0 Å². The van der Waals surface area contributed by atoms with E-state index in [-0.39, 0.29) is 5.03 Å². The number of nitrogens with one attached hydrogen (secondary N) is 1. The van der Waals surface area contributed by atoms with Crippen LogP contribution in [-0.2, 0) is 14.8 Å². The maximum atomic E-state index is 12.1. The summed E-state index contributed by atoms with van der Waals surface area (Å²) in [6.07, 6.45) is 1.88. The molecule has 1 aliphatic heterocycles. The van der Waals surface area contributed by atoms with Gasteiger partial charge in [-0.1, -0.05) is 0 Å². The van der Waals surface area contributed by atoms with Crippen LogP contribution in [0.2, 0.25) is 0 Å². The number of nitrogens with zero attached hydrogens (tertiary/aromatic N) is 3. The van der Waals surface area contributed by atoms with Crippen LogP contribution in [-0.4, -0.2) is 53.9 Å². The fraction of sp³-hybridized carbons (Fsp3) is 0.750. The van der Waals surface area contributed by atoms with E-state index in [1.165, 1.54) is 10.5 Å². The molecular formula is C8H14N4O3S. The summed E-state index contributed by atoms with van der Waals surface area (Å²) in [5, 5.41) is 9.34. The number of hydrogen-bond acceptors (Lipinski definition) is 5. The molecule has 90 valence electrons. The standard InChI is InChI=1S/C8H14N4O3S/c1-8(3-4-15-6-8)12(2)16(13,14)7-5-9-11-10-7/h5H,3-4,6H2,1-2H3,(H,9,10,11). The summed E-state index contributed by atoms with van der Waals surface area (Å²) in [4.78, 5) is 0. The van der Waals surface area contributed by atoms with Gasteiger partial charge in [-0.15, -0.1) is 5.10 Å². The summed E-state index contributed by atoms with van der Waals surface area (Å²) in [7, 11) is -2.05. The van der Waals surface area contributed by atoms with E-state index < -0.39 is 15.6 Å². The first-order valence-electron chi connectivity index (χ1n) is 4.89. The summed E-state index contributed by atoms with van der Waals surface area (Å²) >= 11 is 0. The van der Waals surface area contributed by atoms with Crippen LogP contribution in [0.3, 0.4) is 0 Å². The van der Waals surface area contributed by atoms with E-state index >= 15 is 0 Å². The molecule has 1 saturated heterocycles. The highest BCUT2D eigenvalue weighted by Crippen LogP contribution is 2.28. The average Bonchev–Trinajstić information content (AvgIpc) is 2.87. The molecule has 1 atom stereocenters. The predicted molar refractivity (Wildman–Crippen MR) is 55.2 cm³/mol. The Morgan fingerprint density at radius 3 is 2.88 bits per heavy atom. The van der Waals surface area contributed by atoms with Crippen molar-refractivity contribution >= 4 is 10.0 Å². The smallest absolute Gasteiger partial charge is 0.264 e. The van der Waals surface area contributed by atoms with Gasteiger partial charge in [-0.05, 0) is 13.3 Å². The Morgan fingerprint density at radius 2 is 2.38 bits per heavy atom. The van der Waals surface area contributed by atoms with Crippen molar-refractivity contribution in [1.82, 2.24) is 19.7 Å². The second kappa shape index (κ2) is 3.79. The monoisotopic (exact) mass is 246 g/mol. The molecule has 2 rings (SSSR count). The molecule has 0 aliphatic carbocycles. The number of aromatic nitrogens is 3. The Balaban J connectivity index is 2.31. The molecular weight excluding hydrogens is 232 g/mol. The molecule has 1 aromatic rings. The maximum Gasteiger partial charge on any atom is 0.264 e. The summed E-state index contributed by atoms with van der Waals surface area (Å²) in [5.41, 5.74) is -0.502. The third-order valence-electron chi connectivity index (χ3n) is 2.98. The van der Waals surface area contributed by atoms with E-state index in [1.54, 1.807) is 7.05 Å². The highest BCUT2D eigenvalue weighted by Gasteiger charge is 2.41. The van der Waals surface area contributed by atoms with E-state index in [0.717, 1.165) is 0 Å². The summed E-state index contributed by atoms with van der Waals surface area (Å²) in [6, 6.07) is 0. The molecule has 0 bridgehead atoms. The van der Waals surface area contributed by atoms with Crippen LogP contribution in [0.4, 0.5) is 0 Å². The molecule has 1 unspecified atom stereocenters. The van der Waals surface area contributed by atoms with Gasteiger partial charge in [0.2, 0.25) is 5.03 Å². The lowest BCUT2D eigenvalue weighted by molar-refractivity contribution is 0.147. The molecule has 7 nitrogen and oxygen atoms in total. The van der Waals surface area contributed by atoms with E-state index in [0.29, 0.717) is 19.6 Å². The second-order valence-electron chi connectivity index (χ2n) is 4.08. The van der Waals surface area contributed by atoms with Gasteiger partial charge in [-0.2, -0.15) is 14.6 Å². The van der Waals surface area contributed by atoms with Crippen molar-refractivity contribution in [1.29, 1.82) is 0 Å². The molecule has 8 heteroatoms. The molecule has 2 heterocycles. The van der Waals surface area contributed by atoms with Crippen molar-refractivity contribution in [3.05, 3.63) is 6.20 Å². The summed E-state index contributed by atoms with van der Waals surface area (Å²) in [5.74, 6) is 0. The molecule has 0 saturated carbocycles. The number of aromatic amines is 1. The molecule has 1 aliphatic rings. The number of sulfonamides is 1.